The number of carbonyl (C=O) groups is 2. The zero-order chi connectivity index (χ0) is 19.1. The number of rotatable bonds is 8. The summed E-state index contributed by atoms with van der Waals surface area (Å²) in [4.78, 5) is 23.8. The molecule has 0 saturated heterocycles. The van der Waals surface area contributed by atoms with Crippen LogP contribution in [-0.4, -0.2) is 44.2 Å². The number of ether oxygens (including phenoxy) is 2. The van der Waals surface area contributed by atoms with Gasteiger partial charge in [-0.3, -0.25) is 9.59 Å². The van der Waals surface area contributed by atoms with Crippen LogP contribution in [0, 0.1) is 6.92 Å². The van der Waals surface area contributed by atoms with E-state index >= 15 is 0 Å². The summed E-state index contributed by atoms with van der Waals surface area (Å²) in [6.07, 6.45) is 0.415. The number of nitrogens with one attached hydrogen (secondary N) is 2. The number of aliphatic hydroxyl groups excluding tert-OH is 1. The fraction of sp³-hybridized carbons (Fsp3) is 0.333. The lowest BCUT2D eigenvalue weighted by molar-refractivity contribution is -0.120. The van der Waals surface area contributed by atoms with Crippen molar-refractivity contribution in [1.82, 2.24) is 10.6 Å². The Labute approximate surface area is 151 Å². The Morgan fingerprint density at radius 3 is 2.58 bits per heavy atom. The first-order chi connectivity index (χ1) is 12.5. The number of methoxy groups -OCH3 is 2. The maximum atomic E-state index is 11.9. The molecular formula is C18H22N2O6. The second kappa shape index (κ2) is 8.91. The van der Waals surface area contributed by atoms with E-state index in [1.807, 2.05) is 0 Å². The van der Waals surface area contributed by atoms with E-state index in [9.17, 15) is 14.7 Å². The molecule has 8 nitrogen and oxygen atoms in total. The number of benzene rings is 1. The van der Waals surface area contributed by atoms with Gasteiger partial charge in [0.15, 0.2) is 0 Å². The molecule has 2 aromatic rings. The van der Waals surface area contributed by atoms with Gasteiger partial charge in [-0.05, 0) is 31.2 Å². The molecule has 1 unspecified atom stereocenters. The van der Waals surface area contributed by atoms with Gasteiger partial charge in [0.05, 0.1) is 38.7 Å². The second-order valence-electron chi connectivity index (χ2n) is 5.50. The van der Waals surface area contributed by atoms with E-state index < -0.39 is 17.9 Å². The van der Waals surface area contributed by atoms with Crippen LogP contribution in [-0.2, 0) is 4.79 Å². The molecule has 0 aliphatic heterocycles. The molecule has 8 heteroatoms. The molecule has 1 aromatic carbocycles. The van der Waals surface area contributed by atoms with E-state index in [0.29, 0.717) is 28.4 Å². The summed E-state index contributed by atoms with van der Waals surface area (Å²) in [5, 5.41) is 15.4. The number of aryl methyl sites for hydroxylation is 1. The fourth-order valence-corrected chi connectivity index (χ4v) is 2.36. The highest BCUT2D eigenvalue weighted by Gasteiger charge is 2.17. The van der Waals surface area contributed by atoms with Crippen LogP contribution < -0.4 is 20.1 Å². The quantitative estimate of drug-likeness (QED) is 0.651. The molecule has 1 heterocycles. The van der Waals surface area contributed by atoms with Crippen molar-refractivity contribution in [3.05, 3.63) is 47.4 Å². The van der Waals surface area contributed by atoms with Crippen molar-refractivity contribution in [3.63, 3.8) is 0 Å². The Morgan fingerprint density at radius 1 is 1.19 bits per heavy atom. The van der Waals surface area contributed by atoms with E-state index in [4.69, 9.17) is 13.9 Å². The van der Waals surface area contributed by atoms with Gasteiger partial charge in [0.1, 0.15) is 17.3 Å². The van der Waals surface area contributed by atoms with Crippen LogP contribution in [0.4, 0.5) is 0 Å². The zero-order valence-electron chi connectivity index (χ0n) is 14.9. The van der Waals surface area contributed by atoms with E-state index in [2.05, 4.69) is 10.6 Å². The van der Waals surface area contributed by atoms with E-state index in [-0.39, 0.29) is 13.1 Å². The van der Waals surface area contributed by atoms with Gasteiger partial charge in [-0.15, -0.1) is 0 Å². The normalized spacial score (nSPS) is 11.5. The maximum Gasteiger partial charge on any atom is 0.255 e. The third-order valence-electron chi connectivity index (χ3n) is 3.80. The van der Waals surface area contributed by atoms with Crippen molar-refractivity contribution in [2.45, 2.75) is 13.0 Å². The zero-order valence-corrected chi connectivity index (χ0v) is 14.9. The number of furan rings is 1. The Morgan fingerprint density at radius 2 is 1.96 bits per heavy atom. The molecule has 0 saturated carbocycles. The van der Waals surface area contributed by atoms with Crippen LogP contribution in [0.2, 0.25) is 0 Å². The van der Waals surface area contributed by atoms with Crippen LogP contribution in [0.15, 0.2) is 34.9 Å². The van der Waals surface area contributed by atoms with Crippen molar-refractivity contribution in [3.8, 4) is 11.5 Å². The van der Waals surface area contributed by atoms with Crippen LogP contribution in [0.25, 0.3) is 0 Å². The third kappa shape index (κ3) is 4.76. The average Bonchev–Trinajstić information content (AvgIpc) is 3.09. The topological polar surface area (TPSA) is 110 Å². The molecule has 0 aliphatic carbocycles. The second-order valence-corrected chi connectivity index (χ2v) is 5.50. The third-order valence-corrected chi connectivity index (χ3v) is 3.80. The number of carbonyl (C=O) groups excluding carboxylic acids is 2. The van der Waals surface area contributed by atoms with Gasteiger partial charge >= 0.3 is 0 Å². The smallest absolute Gasteiger partial charge is 0.255 e. The summed E-state index contributed by atoms with van der Waals surface area (Å²) in [6.45, 7) is 1.40. The minimum Gasteiger partial charge on any atom is -0.497 e. The molecule has 0 bridgehead atoms. The minimum absolute atomic E-state index is 0.0387. The van der Waals surface area contributed by atoms with Crippen molar-refractivity contribution < 1.29 is 28.6 Å². The van der Waals surface area contributed by atoms with Crippen molar-refractivity contribution in [2.24, 2.45) is 0 Å². The maximum absolute atomic E-state index is 11.9. The molecule has 1 atom stereocenters. The van der Waals surface area contributed by atoms with E-state index in [1.54, 1.807) is 25.1 Å². The highest BCUT2D eigenvalue weighted by atomic mass is 16.5. The standard InChI is InChI=1S/C18H22N2O6/c1-11-13(6-7-26-11)18(23)20-10-17(22)19-9-15(21)14-8-12(24-2)4-5-16(14)25-3/h4-8,15,21H,9-10H2,1-3H3,(H,19,22)(H,20,23). The van der Waals surface area contributed by atoms with Gasteiger partial charge in [-0.25, -0.2) is 0 Å². The van der Waals surface area contributed by atoms with Crippen molar-refractivity contribution in [2.75, 3.05) is 27.3 Å². The Bertz CT molecular complexity index is 771. The number of hydrogen-bond donors (Lipinski definition) is 3. The molecule has 0 fully saturated rings. The molecule has 2 amide bonds. The van der Waals surface area contributed by atoms with Crippen molar-refractivity contribution in [1.29, 1.82) is 0 Å². The molecule has 0 radical (unpaired) electrons. The largest absolute Gasteiger partial charge is 0.497 e. The predicted octanol–water partition coefficient (Wildman–Crippen LogP) is 1.18. The first-order valence-corrected chi connectivity index (χ1v) is 7.95. The Hall–Kier alpha value is -3.00. The minimum atomic E-state index is -0.990. The molecule has 140 valence electrons. The lowest BCUT2D eigenvalue weighted by atomic mass is 10.1. The predicted molar refractivity (Wildman–Crippen MR) is 93.3 cm³/mol. The molecular weight excluding hydrogens is 340 g/mol. The number of aliphatic hydroxyl groups is 1. The van der Waals surface area contributed by atoms with Crippen LogP contribution >= 0.6 is 0 Å². The molecule has 3 N–H and O–H groups in total. The van der Waals surface area contributed by atoms with Crippen LogP contribution in [0.3, 0.4) is 0 Å². The number of hydrogen-bond acceptors (Lipinski definition) is 6. The summed E-state index contributed by atoms with van der Waals surface area (Å²) in [7, 11) is 3.01. The lowest BCUT2D eigenvalue weighted by Gasteiger charge is -2.16. The highest BCUT2D eigenvalue weighted by Crippen LogP contribution is 2.29. The summed E-state index contributed by atoms with van der Waals surface area (Å²) >= 11 is 0. The summed E-state index contributed by atoms with van der Waals surface area (Å²) in [6, 6.07) is 6.55. The fourth-order valence-electron chi connectivity index (χ4n) is 2.36. The summed E-state index contributed by atoms with van der Waals surface area (Å²) in [5.74, 6) is 0.690. The SMILES string of the molecule is COc1ccc(OC)c(C(O)CNC(=O)CNC(=O)c2ccoc2C)c1. The van der Waals surface area contributed by atoms with Gasteiger partial charge < -0.3 is 29.6 Å². The van der Waals surface area contributed by atoms with E-state index in [1.165, 1.54) is 26.5 Å². The summed E-state index contributed by atoms with van der Waals surface area (Å²) in [5.41, 5.74) is 0.865. The molecule has 0 spiro atoms. The Balaban J connectivity index is 1.87. The first kappa shape index (κ1) is 19.3. The first-order valence-electron chi connectivity index (χ1n) is 7.95. The van der Waals surface area contributed by atoms with Gasteiger partial charge in [-0.1, -0.05) is 0 Å². The molecule has 1 aromatic heterocycles. The summed E-state index contributed by atoms with van der Waals surface area (Å²) < 4.78 is 15.4. The molecule has 0 aliphatic rings. The van der Waals surface area contributed by atoms with Gasteiger partial charge in [0, 0.05) is 12.1 Å². The Kier molecular flexibility index (Phi) is 6.62. The monoisotopic (exact) mass is 362 g/mol. The van der Waals surface area contributed by atoms with Crippen molar-refractivity contribution >= 4 is 11.8 Å². The lowest BCUT2D eigenvalue weighted by Crippen LogP contribution is -2.38. The average molecular weight is 362 g/mol. The highest BCUT2D eigenvalue weighted by molar-refractivity contribution is 5.97. The van der Waals surface area contributed by atoms with Gasteiger partial charge in [0.25, 0.3) is 5.91 Å². The van der Waals surface area contributed by atoms with Gasteiger partial charge in [-0.2, -0.15) is 0 Å². The van der Waals surface area contributed by atoms with Crippen LogP contribution in [0.1, 0.15) is 27.8 Å². The molecule has 2 rings (SSSR count). The molecule has 26 heavy (non-hydrogen) atoms. The van der Waals surface area contributed by atoms with Gasteiger partial charge in [0.2, 0.25) is 5.91 Å². The van der Waals surface area contributed by atoms with Crippen LogP contribution in [0.5, 0.6) is 11.5 Å². The number of amides is 2. The van der Waals surface area contributed by atoms with E-state index in [0.717, 1.165) is 0 Å².